The van der Waals surface area contributed by atoms with E-state index < -0.39 is 5.97 Å². The van der Waals surface area contributed by atoms with Crippen LogP contribution in [0, 0.1) is 5.92 Å². The fourth-order valence-corrected chi connectivity index (χ4v) is 2.72. The lowest BCUT2D eigenvalue weighted by Crippen LogP contribution is -2.25. The molecule has 0 bridgehead atoms. The lowest BCUT2D eigenvalue weighted by Gasteiger charge is -2.19. The zero-order valence-corrected chi connectivity index (χ0v) is 12.7. The number of rotatable bonds is 5. The zero-order valence-electron chi connectivity index (χ0n) is 12.7. The molecule has 5 nitrogen and oxygen atoms in total. The molecular formula is C17H20N2O3. The SMILES string of the molecule is CCCOc1ccc(-c2cn3c(n2)CC(C(=O)O)CC3)cc1. The van der Waals surface area contributed by atoms with Crippen molar-refractivity contribution in [3.8, 4) is 17.0 Å². The van der Waals surface area contributed by atoms with Gasteiger partial charge in [-0.2, -0.15) is 0 Å². The van der Waals surface area contributed by atoms with Crippen LogP contribution in [0.1, 0.15) is 25.6 Å². The molecule has 0 amide bonds. The van der Waals surface area contributed by atoms with Crippen molar-refractivity contribution in [2.24, 2.45) is 5.92 Å². The number of hydrogen-bond donors (Lipinski definition) is 1. The number of carboxylic acids is 1. The van der Waals surface area contributed by atoms with E-state index in [1.54, 1.807) is 0 Å². The Bertz CT molecular complexity index is 661. The lowest BCUT2D eigenvalue weighted by atomic mass is 9.98. The minimum Gasteiger partial charge on any atom is -0.494 e. The molecule has 116 valence electrons. The second kappa shape index (κ2) is 6.22. The van der Waals surface area contributed by atoms with Crippen molar-refractivity contribution >= 4 is 5.97 Å². The van der Waals surface area contributed by atoms with Gasteiger partial charge >= 0.3 is 5.97 Å². The molecule has 0 aliphatic carbocycles. The standard InChI is InChI=1S/C17H20N2O3/c1-2-9-22-14-5-3-12(4-6-14)15-11-19-8-7-13(17(20)21)10-16(19)18-15/h3-6,11,13H,2,7-10H2,1H3,(H,20,21). The molecule has 1 aliphatic heterocycles. The van der Waals surface area contributed by atoms with Crippen LogP contribution in [0.4, 0.5) is 0 Å². The van der Waals surface area contributed by atoms with Gasteiger partial charge in [0.2, 0.25) is 0 Å². The highest BCUT2D eigenvalue weighted by Crippen LogP contribution is 2.26. The Balaban J connectivity index is 1.77. The summed E-state index contributed by atoms with van der Waals surface area (Å²) in [7, 11) is 0. The summed E-state index contributed by atoms with van der Waals surface area (Å²) >= 11 is 0. The fraction of sp³-hybridized carbons (Fsp3) is 0.412. The summed E-state index contributed by atoms with van der Waals surface area (Å²) in [5.74, 6) is 0.682. The Morgan fingerprint density at radius 1 is 1.41 bits per heavy atom. The van der Waals surface area contributed by atoms with Crippen LogP contribution in [0.15, 0.2) is 30.5 Å². The number of aliphatic carboxylic acids is 1. The quantitative estimate of drug-likeness (QED) is 0.922. The monoisotopic (exact) mass is 300 g/mol. The predicted octanol–water partition coefficient (Wildman–Crippen LogP) is 2.99. The van der Waals surface area contributed by atoms with Crippen LogP contribution in [-0.4, -0.2) is 27.2 Å². The molecule has 1 N–H and O–H groups in total. The topological polar surface area (TPSA) is 64.4 Å². The Kier molecular flexibility index (Phi) is 4.13. The van der Waals surface area contributed by atoms with Crippen LogP contribution in [0.2, 0.25) is 0 Å². The second-order valence-corrected chi connectivity index (χ2v) is 5.64. The molecule has 2 aromatic rings. The number of aryl methyl sites for hydroxylation is 1. The van der Waals surface area contributed by atoms with Gasteiger partial charge in [0.25, 0.3) is 0 Å². The highest BCUT2D eigenvalue weighted by molar-refractivity contribution is 5.70. The van der Waals surface area contributed by atoms with Crippen LogP contribution in [-0.2, 0) is 17.8 Å². The summed E-state index contributed by atoms with van der Waals surface area (Å²) in [5.41, 5.74) is 1.92. The molecule has 0 spiro atoms. The molecule has 1 atom stereocenters. The highest BCUT2D eigenvalue weighted by atomic mass is 16.5. The molecule has 5 heteroatoms. The number of carbonyl (C=O) groups is 1. The van der Waals surface area contributed by atoms with E-state index in [1.165, 1.54) is 0 Å². The first-order valence-corrected chi connectivity index (χ1v) is 7.69. The summed E-state index contributed by atoms with van der Waals surface area (Å²) in [4.78, 5) is 15.7. The first-order chi connectivity index (χ1) is 10.7. The minimum atomic E-state index is -0.728. The summed E-state index contributed by atoms with van der Waals surface area (Å²) in [6, 6.07) is 7.88. The molecule has 3 rings (SSSR count). The Labute approximate surface area is 129 Å². The van der Waals surface area contributed by atoms with Gasteiger partial charge in [0.1, 0.15) is 11.6 Å². The van der Waals surface area contributed by atoms with Crippen LogP contribution in [0.25, 0.3) is 11.3 Å². The van der Waals surface area contributed by atoms with Crippen molar-refractivity contribution < 1.29 is 14.6 Å². The molecule has 22 heavy (non-hydrogen) atoms. The maximum atomic E-state index is 11.1. The third-order valence-corrected chi connectivity index (χ3v) is 3.98. The second-order valence-electron chi connectivity index (χ2n) is 5.64. The average molecular weight is 300 g/mol. The first kappa shape index (κ1) is 14.6. The molecule has 2 heterocycles. The van der Waals surface area contributed by atoms with E-state index in [0.717, 1.165) is 35.8 Å². The van der Waals surface area contributed by atoms with Gasteiger partial charge in [0, 0.05) is 24.7 Å². The molecule has 1 unspecified atom stereocenters. The predicted molar refractivity (Wildman–Crippen MR) is 82.9 cm³/mol. The van der Waals surface area contributed by atoms with Crippen molar-refractivity contribution in [2.45, 2.75) is 32.7 Å². The third-order valence-electron chi connectivity index (χ3n) is 3.98. The first-order valence-electron chi connectivity index (χ1n) is 7.69. The molecular weight excluding hydrogens is 280 g/mol. The Hall–Kier alpha value is -2.30. The molecule has 1 aromatic carbocycles. The van der Waals surface area contributed by atoms with Crippen molar-refractivity contribution in [1.29, 1.82) is 0 Å². The summed E-state index contributed by atoms with van der Waals surface area (Å²) < 4.78 is 7.64. The van der Waals surface area contributed by atoms with Gasteiger partial charge in [-0.3, -0.25) is 4.79 Å². The van der Waals surface area contributed by atoms with E-state index in [0.29, 0.717) is 19.4 Å². The van der Waals surface area contributed by atoms with Crippen molar-refractivity contribution in [1.82, 2.24) is 9.55 Å². The van der Waals surface area contributed by atoms with Crippen LogP contribution in [0.5, 0.6) is 5.75 Å². The van der Waals surface area contributed by atoms with Gasteiger partial charge < -0.3 is 14.4 Å². The van der Waals surface area contributed by atoms with E-state index in [4.69, 9.17) is 9.84 Å². The molecule has 1 aliphatic rings. The van der Waals surface area contributed by atoms with Gasteiger partial charge in [-0.05, 0) is 37.1 Å². The van der Waals surface area contributed by atoms with Gasteiger partial charge in [-0.25, -0.2) is 4.98 Å². The summed E-state index contributed by atoms with van der Waals surface area (Å²) in [6.07, 6.45) is 4.17. The average Bonchev–Trinajstić information content (AvgIpc) is 2.96. The van der Waals surface area contributed by atoms with E-state index in [-0.39, 0.29) is 5.92 Å². The van der Waals surface area contributed by atoms with Crippen molar-refractivity contribution in [3.63, 3.8) is 0 Å². The Morgan fingerprint density at radius 3 is 2.86 bits per heavy atom. The number of imidazole rings is 1. The van der Waals surface area contributed by atoms with Crippen LogP contribution >= 0.6 is 0 Å². The van der Waals surface area contributed by atoms with E-state index in [2.05, 4.69) is 16.5 Å². The number of fused-ring (bicyclic) bond motifs is 1. The van der Waals surface area contributed by atoms with E-state index in [9.17, 15) is 4.79 Å². The fourth-order valence-electron chi connectivity index (χ4n) is 2.72. The van der Waals surface area contributed by atoms with Gasteiger partial charge in [0.15, 0.2) is 0 Å². The maximum Gasteiger partial charge on any atom is 0.307 e. The molecule has 0 radical (unpaired) electrons. The molecule has 0 saturated carbocycles. The number of carboxylic acid groups (broad SMARTS) is 1. The van der Waals surface area contributed by atoms with Crippen molar-refractivity contribution in [2.75, 3.05) is 6.61 Å². The highest BCUT2D eigenvalue weighted by Gasteiger charge is 2.25. The largest absolute Gasteiger partial charge is 0.494 e. The number of nitrogens with zero attached hydrogens (tertiary/aromatic N) is 2. The van der Waals surface area contributed by atoms with Gasteiger partial charge in [-0.1, -0.05) is 6.92 Å². The van der Waals surface area contributed by atoms with Gasteiger partial charge in [-0.15, -0.1) is 0 Å². The molecule has 0 fully saturated rings. The van der Waals surface area contributed by atoms with E-state index in [1.807, 2.05) is 30.5 Å². The molecule has 1 aromatic heterocycles. The number of hydrogen-bond acceptors (Lipinski definition) is 3. The number of benzene rings is 1. The lowest BCUT2D eigenvalue weighted by molar-refractivity contribution is -0.142. The molecule has 0 saturated heterocycles. The van der Waals surface area contributed by atoms with Crippen LogP contribution < -0.4 is 4.74 Å². The Morgan fingerprint density at radius 2 is 2.18 bits per heavy atom. The maximum absolute atomic E-state index is 11.1. The summed E-state index contributed by atoms with van der Waals surface area (Å²) in [5, 5.41) is 9.14. The smallest absolute Gasteiger partial charge is 0.307 e. The third kappa shape index (κ3) is 2.98. The van der Waals surface area contributed by atoms with Gasteiger partial charge in [0.05, 0.1) is 18.2 Å². The minimum absolute atomic E-state index is 0.312. The van der Waals surface area contributed by atoms with Crippen molar-refractivity contribution in [3.05, 3.63) is 36.3 Å². The number of ether oxygens (including phenoxy) is 1. The summed E-state index contributed by atoms with van der Waals surface area (Å²) in [6.45, 7) is 3.51. The van der Waals surface area contributed by atoms with E-state index >= 15 is 0 Å². The normalized spacial score (nSPS) is 17.0. The van der Waals surface area contributed by atoms with Crippen LogP contribution in [0.3, 0.4) is 0 Å². The number of aromatic nitrogens is 2. The zero-order chi connectivity index (χ0) is 15.5.